The Kier molecular flexibility index (Phi) is 7.06. The highest BCUT2D eigenvalue weighted by Gasteiger charge is 2.33. The molecule has 1 saturated heterocycles. The van der Waals surface area contributed by atoms with Crippen LogP contribution in [0.1, 0.15) is 40.2 Å². The van der Waals surface area contributed by atoms with Crippen LogP contribution in [0.5, 0.6) is 0 Å². The summed E-state index contributed by atoms with van der Waals surface area (Å²) >= 11 is 0. The zero-order chi connectivity index (χ0) is 30.5. The molecule has 12 heteroatoms. The molecule has 1 amide bonds. The molecule has 6 rings (SSSR count). The van der Waals surface area contributed by atoms with E-state index < -0.39 is 21.7 Å². The first-order valence-electron chi connectivity index (χ1n) is 13.7. The molecule has 0 radical (unpaired) electrons. The summed E-state index contributed by atoms with van der Waals surface area (Å²) in [5.41, 5.74) is 3.43. The largest absolute Gasteiger partial charge is 0.455 e. The lowest BCUT2D eigenvalue weighted by molar-refractivity contribution is 0.0964. The van der Waals surface area contributed by atoms with E-state index in [4.69, 9.17) is 8.83 Å². The van der Waals surface area contributed by atoms with Gasteiger partial charge in [-0.2, -0.15) is 10.2 Å². The summed E-state index contributed by atoms with van der Waals surface area (Å²) in [7, 11) is -0.837. The topological polar surface area (TPSA) is 133 Å². The maximum absolute atomic E-state index is 13.7. The minimum atomic E-state index is -3.77. The number of hydrogen-bond donors (Lipinski definition) is 1. The Morgan fingerprint density at radius 2 is 1.91 bits per heavy atom. The molecule has 1 atom stereocenters. The molecular formula is C31H28FN5O5S. The zero-order valence-electron chi connectivity index (χ0n) is 23.7. The van der Waals surface area contributed by atoms with Crippen molar-refractivity contribution in [3.05, 3.63) is 77.1 Å². The van der Waals surface area contributed by atoms with Crippen molar-refractivity contribution < 1.29 is 26.4 Å². The van der Waals surface area contributed by atoms with Gasteiger partial charge in [-0.05, 0) is 60.9 Å². The predicted octanol–water partition coefficient (Wildman–Crippen LogP) is 5.39. The van der Waals surface area contributed by atoms with Gasteiger partial charge in [-0.25, -0.2) is 12.8 Å². The van der Waals surface area contributed by atoms with Gasteiger partial charge in [0.05, 0.1) is 28.5 Å². The number of rotatable bonds is 6. The first kappa shape index (κ1) is 28.2. The Morgan fingerprint density at radius 1 is 1.14 bits per heavy atom. The van der Waals surface area contributed by atoms with Gasteiger partial charge in [0.1, 0.15) is 28.7 Å². The summed E-state index contributed by atoms with van der Waals surface area (Å²) < 4.78 is 53.1. The molecule has 3 aromatic carbocycles. The van der Waals surface area contributed by atoms with Gasteiger partial charge in [-0.3, -0.25) is 9.10 Å². The number of nitriles is 1. The number of para-hydroxylation sites is 1. The van der Waals surface area contributed by atoms with Gasteiger partial charge in [0.25, 0.3) is 11.9 Å². The van der Waals surface area contributed by atoms with E-state index in [2.05, 4.69) is 16.4 Å². The number of carbonyl (C=O) groups excluding carboxylic acids is 1. The number of halogens is 1. The van der Waals surface area contributed by atoms with Crippen molar-refractivity contribution in [2.75, 3.05) is 42.6 Å². The highest BCUT2D eigenvalue weighted by atomic mass is 32.2. The van der Waals surface area contributed by atoms with Crippen molar-refractivity contribution in [1.29, 1.82) is 5.26 Å². The van der Waals surface area contributed by atoms with Gasteiger partial charge in [-0.15, -0.1) is 0 Å². The molecule has 0 spiro atoms. The van der Waals surface area contributed by atoms with E-state index in [0.29, 0.717) is 58.0 Å². The number of hydrogen-bond acceptors (Lipinski definition) is 8. The smallest absolute Gasteiger partial charge is 0.298 e. The number of sulfonamides is 1. The fraction of sp³-hybridized carbons (Fsp3) is 0.258. The molecule has 0 unspecified atom stereocenters. The third kappa shape index (κ3) is 4.95. The number of furan rings is 1. The molecule has 5 aromatic rings. The number of nitrogens with zero attached hydrogens (tertiary/aromatic N) is 4. The number of fused-ring (bicyclic) bond motifs is 2. The number of piperidine rings is 1. The summed E-state index contributed by atoms with van der Waals surface area (Å²) in [6.45, 7) is 1.12. The standard InChI is InChI=1S/C31H28FN5O5S/c1-34-30(38)26-25-23(41-29(26)18-9-11-21(32)12-10-18)14-13-22(28(25)36(2)43(3,39)40)20-7-5-15-37(17-20)31-35-27-19(16-33)6-4-8-24(27)42-31/h4,6,8-14,20H,5,7,15,17H2,1-3H3,(H,34,38)/t20-/m0/s1. The first-order chi connectivity index (χ1) is 20.6. The predicted molar refractivity (Wildman–Crippen MR) is 161 cm³/mol. The van der Waals surface area contributed by atoms with Crippen LogP contribution in [0.4, 0.5) is 16.1 Å². The Hall–Kier alpha value is -4.89. The normalized spacial score (nSPS) is 15.5. The van der Waals surface area contributed by atoms with E-state index in [0.717, 1.165) is 24.7 Å². The van der Waals surface area contributed by atoms with Crippen LogP contribution in [0, 0.1) is 17.1 Å². The van der Waals surface area contributed by atoms with Gasteiger partial charge >= 0.3 is 0 Å². The fourth-order valence-corrected chi connectivity index (χ4v) is 6.27. The average molecular weight is 602 g/mol. The van der Waals surface area contributed by atoms with E-state index in [1.54, 1.807) is 24.3 Å². The molecule has 1 aliphatic heterocycles. The number of oxazole rings is 1. The first-order valence-corrected chi connectivity index (χ1v) is 15.5. The van der Waals surface area contributed by atoms with Crippen LogP contribution < -0.4 is 14.5 Å². The van der Waals surface area contributed by atoms with E-state index in [1.165, 1.54) is 42.7 Å². The lowest BCUT2D eigenvalue weighted by Crippen LogP contribution is -2.35. The van der Waals surface area contributed by atoms with Crippen molar-refractivity contribution in [2.45, 2.75) is 18.8 Å². The third-order valence-corrected chi connectivity index (χ3v) is 9.07. The average Bonchev–Trinajstić information content (AvgIpc) is 3.62. The molecule has 220 valence electrons. The molecule has 2 aromatic heterocycles. The van der Waals surface area contributed by atoms with Crippen LogP contribution in [-0.2, 0) is 10.0 Å². The van der Waals surface area contributed by atoms with Crippen LogP contribution in [0.25, 0.3) is 33.4 Å². The Labute approximate surface area is 247 Å². The van der Waals surface area contributed by atoms with Crippen LogP contribution in [0.3, 0.4) is 0 Å². The Bertz CT molecular complexity index is 2030. The SMILES string of the molecule is CNC(=O)c1c(-c2ccc(F)cc2)oc2ccc([C@H]3CCCN(c4nc5c(C#N)cccc5o4)C3)c(N(C)S(C)(=O)=O)c12. The number of amides is 1. The molecule has 0 saturated carbocycles. The Morgan fingerprint density at radius 3 is 2.60 bits per heavy atom. The number of anilines is 2. The van der Waals surface area contributed by atoms with Crippen LogP contribution in [0.15, 0.2) is 63.4 Å². The zero-order valence-corrected chi connectivity index (χ0v) is 24.5. The quantitative estimate of drug-likeness (QED) is 0.274. The molecule has 43 heavy (non-hydrogen) atoms. The van der Waals surface area contributed by atoms with E-state index in [1.807, 2.05) is 11.0 Å². The monoisotopic (exact) mass is 601 g/mol. The van der Waals surface area contributed by atoms with Gasteiger partial charge in [0, 0.05) is 38.7 Å². The summed E-state index contributed by atoms with van der Waals surface area (Å²) in [6, 6.07) is 16.9. The summed E-state index contributed by atoms with van der Waals surface area (Å²) in [4.78, 5) is 20.0. The summed E-state index contributed by atoms with van der Waals surface area (Å²) in [6.07, 6.45) is 2.62. The van der Waals surface area contributed by atoms with Crippen molar-refractivity contribution in [3.63, 3.8) is 0 Å². The van der Waals surface area contributed by atoms with Crippen molar-refractivity contribution in [3.8, 4) is 17.4 Å². The number of benzene rings is 3. The van der Waals surface area contributed by atoms with Crippen molar-refractivity contribution in [2.24, 2.45) is 0 Å². The second kappa shape index (κ2) is 10.7. The van der Waals surface area contributed by atoms with Crippen LogP contribution in [0.2, 0.25) is 0 Å². The van der Waals surface area contributed by atoms with Gasteiger partial charge in [0.2, 0.25) is 10.0 Å². The van der Waals surface area contributed by atoms with E-state index in [-0.39, 0.29) is 17.2 Å². The molecule has 0 bridgehead atoms. The minimum absolute atomic E-state index is 0.159. The minimum Gasteiger partial charge on any atom is -0.455 e. The van der Waals surface area contributed by atoms with Crippen molar-refractivity contribution in [1.82, 2.24) is 10.3 Å². The lowest BCUT2D eigenvalue weighted by atomic mass is 9.87. The highest BCUT2D eigenvalue weighted by Crippen LogP contribution is 2.45. The number of carbonyl (C=O) groups is 1. The maximum Gasteiger partial charge on any atom is 0.298 e. The molecule has 1 N–H and O–H groups in total. The summed E-state index contributed by atoms with van der Waals surface area (Å²) in [5.74, 6) is -0.863. The van der Waals surface area contributed by atoms with E-state index >= 15 is 0 Å². The Balaban J connectivity index is 1.52. The number of aromatic nitrogens is 1. The highest BCUT2D eigenvalue weighted by molar-refractivity contribution is 7.92. The van der Waals surface area contributed by atoms with E-state index in [9.17, 15) is 22.9 Å². The second-order valence-electron chi connectivity index (χ2n) is 10.5. The van der Waals surface area contributed by atoms with Crippen molar-refractivity contribution >= 4 is 49.7 Å². The van der Waals surface area contributed by atoms with Gasteiger partial charge in [-0.1, -0.05) is 12.1 Å². The molecule has 0 aliphatic carbocycles. The second-order valence-corrected chi connectivity index (χ2v) is 12.6. The summed E-state index contributed by atoms with van der Waals surface area (Å²) in [5, 5.41) is 12.5. The molecular weight excluding hydrogens is 573 g/mol. The molecule has 10 nitrogen and oxygen atoms in total. The van der Waals surface area contributed by atoms with Crippen LogP contribution in [-0.4, -0.2) is 52.7 Å². The fourth-order valence-electron chi connectivity index (χ4n) is 5.74. The third-order valence-electron chi connectivity index (χ3n) is 7.89. The maximum atomic E-state index is 13.7. The lowest BCUT2D eigenvalue weighted by Gasteiger charge is -2.34. The molecule has 3 heterocycles. The van der Waals surface area contributed by atoms with Gasteiger partial charge in [0.15, 0.2) is 5.58 Å². The number of nitrogens with one attached hydrogen (secondary N) is 1. The van der Waals surface area contributed by atoms with Gasteiger partial charge < -0.3 is 19.1 Å². The molecule has 1 aliphatic rings. The van der Waals surface area contributed by atoms with Crippen LogP contribution >= 0.6 is 0 Å². The molecule has 1 fully saturated rings.